The van der Waals surface area contributed by atoms with Crippen LogP contribution in [-0.4, -0.2) is 28.1 Å². The molecular weight excluding hydrogens is 379 g/mol. The van der Waals surface area contributed by atoms with Crippen molar-refractivity contribution in [2.24, 2.45) is 0 Å². The number of nitrogens with zero attached hydrogens (tertiary/aromatic N) is 3. The quantitative estimate of drug-likeness (QED) is 0.669. The van der Waals surface area contributed by atoms with Crippen LogP contribution in [0.25, 0.3) is 11.3 Å². The van der Waals surface area contributed by atoms with Crippen LogP contribution < -0.4 is 15.0 Å². The van der Waals surface area contributed by atoms with Gasteiger partial charge in [0, 0.05) is 10.9 Å². The number of aromatic nitrogens is 2. The molecule has 6 nitrogen and oxygen atoms in total. The number of amides is 2. The Labute approximate surface area is 166 Å². The van der Waals surface area contributed by atoms with Crippen molar-refractivity contribution in [1.29, 1.82) is 0 Å². The highest BCUT2D eigenvalue weighted by Crippen LogP contribution is 2.37. The number of carbonyl (C=O) groups excluding carboxylic acids is 1. The zero-order chi connectivity index (χ0) is 19.9. The number of anilines is 2. The van der Waals surface area contributed by atoms with E-state index in [1.807, 2.05) is 26.2 Å². The molecule has 0 atom stereocenters. The zero-order valence-corrected chi connectivity index (χ0v) is 16.5. The van der Waals surface area contributed by atoms with Gasteiger partial charge in [0.25, 0.3) is 0 Å². The SMILES string of the molecule is Cc1csc(NC(=O)N2CC(C)(C)Oc3ccc(-c4cccc(F)c4)nc32)n1. The molecule has 0 saturated heterocycles. The van der Waals surface area contributed by atoms with E-state index in [0.717, 1.165) is 5.69 Å². The number of nitrogens with one attached hydrogen (secondary N) is 1. The lowest BCUT2D eigenvalue weighted by atomic mass is 10.1. The van der Waals surface area contributed by atoms with Gasteiger partial charge in [-0.2, -0.15) is 0 Å². The fourth-order valence-corrected chi connectivity index (χ4v) is 3.72. The predicted octanol–water partition coefficient (Wildman–Crippen LogP) is 4.86. The second-order valence-electron chi connectivity index (χ2n) is 7.20. The molecule has 0 unspecified atom stereocenters. The molecule has 28 heavy (non-hydrogen) atoms. The third-order valence-electron chi connectivity index (χ3n) is 4.22. The number of fused-ring (bicyclic) bond motifs is 1. The fourth-order valence-electron chi connectivity index (χ4n) is 3.04. The minimum absolute atomic E-state index is 0.315. The average Bonchev–Trinajstić information content (AvgIpc) is 3.04. The third kappa shape index (κ3) is 3.68. The Morgan fingerprint density at radius 2 is 2.11 bits per heavy atom. The van der Waals surface area contributed by atoms with E-state index in [-0.39, 0.29) is 11.8 Å². The molecule has 1 aliphatic heterocycles. The van der Waals surface area contributed by atoms with Crippen LogP contribution in [-0.2, 0) is 0 Å². The van der Waals surface area contributed by atoms with Crippen molar-refractivity contribution in [1.82, 2.24) is 9.97 Å². The van der Waals surface area contributed by atoms with Crippen LogP contribution in [0.2, 0.25) is 0 Å². The zero-order valence-electron chi connectivity index (χ0n) is 15.7. The van der Waals surface area contributed by atoms with E-state index in [1.165, 1.54) is 23.5 Å². The van der Waals surface area contributed by atoms with Crippen molar-refractivity contribution >= 4 is 28.3 Å². The Kier molecular flexibility index (Phi) is 4.50. The van der Waals surface area contributed by atoms with E-state index in [0.29, 0.717) is 34.5 Å². The first-order valence-corrected chi connectivity index (χ1v) is 9.65. The summed E-state index contributed by atoms with van der Waals surface area (Å²) in [5, 5.41) is 5.21. The van der Waals surface area contributed by atoms with Crippen LogP contribution >= 0.6 is 11.3 Å². The van der Waals surface area contributed by atoms with Gasteiger partial charge in [-0.05, 0) is 45.0 Å². The highest BCUT2D eigenvalue weighted by molar-refractivity contribution is 7.13. The molecule has 144 valence electrons. The number of halogens is 1. The van der Waals surface area contributed by atoms with E-state index in [4.69, 9.17) is 4.74 Å². The summed E-state index contributed by atoms with van der Waals surface area (Å²) in [6, 6.07) is 9.37. The maximum Gasteiger partial charge on any atom is 0.329 e. The Hall–Kier alpha value is -3.00. The molecular formula is C20H19FN4O2S. The van der Waals surface area contributed by atoms with Gasteiger partial charge in [-0.25, -0.2) is 19.2 Å². The second-order valence-corrected chi connectivity index (χ2v) is 8.06. The summed E-state index contributed by atoms with van der Waals surface area (Å²) < 4.78 is 19.6. The maximum atomic E-state index is 13.6. The van der Waals surface area contributed by atoms with E-state index in [2.05, 4.69) is 15.3 Å². The van der Waals surface area contributed by atoms with Crippen LogP contribution in [0.5, 0.6) is 5.75 Å². The molecule has 0 fully saturated rings. The lowest BCUT2D eigenvalue weighted by Gasteiger charge is -2.38. The first-order valence-electron chi connectivity index (χ1n) is 8.77. The number of benzene rings is 1. The first-order chi connectivity index (χ1) is 13.3. The number of hydrogen-bond acceptors (Lipinski definition) is 5. The molecule has 0 bridgehead atoms. The number of hydrogen-bond donors (Lipinski definition) is 1. The van der Waals surface area contributed by atoms with Gasteiger partial charge >= 0.3 is 6.03 Å². The molecule has 0 spiro atoms. The Morgan fingerprint density at radius 1 is 1.29 bits per heavy atom. The normalized spacial score (nSPS) is 14.9. The van der Waals surface area contributed by atoms with Gasteiger partial charge in [0.05, 0.1) is 17.9 Å². The number of rotatable bonds is 2. The second kappa shape index (κ2) is 6.87. The van der Waals surface area contributed by atoms with E-state index < -0.39 is 5.60 Å². The van der Waals surface area contributed by atoms with Gasteiger partial charge in [0.2, 0.25) is 0 Å². The minimum atomic E-state index is -0.578. The number of carbonyl (C=O) groups is 1. The summed E-state index contributed by atoms with van der Waals surface area (Å²) in [7, 11) is 0. The van der Waals surface area contributed by atoms with Crippen molar-refractivity contribution < 1.29 is 13.9 Å². The molecule has 0 saturated carbocycles. The highest BCUT2D eigenvalue weighted by Gasteiger charge is 2.36. The molecule has 3 aromatic rings. The molecule has 8 heteroatoms. The molecule has 1 N–H and O–H groups in total. The monoisotopic (exact) mass is 398 g/mol. The molecule has 2 amide bonds. The van der Waals surface area contributed by atoms with E-state index in [1.54, 1.807) is 29.2 Å². The lowest BCUT2D eigenvalue weighted by Crippen LogP contribution is -2.51. The molecule has 4 rings (SSSR count). The Morgan fingerprint density at radius 3 is 2.82 bits per heavy atom. The highest BCUT2D eigenvalue weighted by atomic mass is 32.1. The van der Waals surface area contributed by atoms with Crippen LogP contribution in [0.1, 0.15) is 19.5 Å². The van der Waals surface area contributed by atoms with Crippen LogP contribution in [0, 0.1) is 12.7 Å². The summed E-state index contributed by atoms with van der Waals surface area (Å²) >= 11 is 1.36. The number of thiazole rings is 1. The summed E-state index contributed by atoms with van der Waals surface area (Å²) in [6.07, 6.45) is 0. The van der Waals surface area contributed by atoms with E-state index in [9.17, 15) is 9.18 Å². The Bertz CT molecular complexity index is 1050. The number of pyridine rings is 1. The van der Waals surface area contributed by atoms with Crippen molar-refractivity contribution in [2.45, 2.75) is 26.4 Å². The molecule has 1 aromatic carbocycles. The van der Waals surface area contributed by atoms with Gasteiger partial charge in [0.1, 0.15) is 11.4 Å². The van der Waals surface area contributed by atoms with Crippen molar-refractivity contribution in [3.05, 3.63) is 53.3 Å². The van der Waals surface area contributed by atoms with Crippen LogP contribution in [0.4, 0.5) is 20.1 Å². The third-order valence-corrected chi connectivity index (χ3v) is 5.09. The predicted molar refractivity (Wildman–Crippen MR) is 108 cm³/mol. The van der Waals surface area contributed by atoms with Gasteiger partial charge in [-0.15, -0.1) is 11.3 Å². The minimum Gasteiger partial charge on any atom is -0.482 e. The number of ether oxygens (including phenoxy) is 1. The van der Waals surface area contributed by atoms with Gasteiger partial charge in [-0.1, -0.05) is 12.1 Å². The first kappa shape index (κ1) is 18.4. The maximum absolute atomic E-state index is 13.6. The summed E-state index contributed by atoms with van der Waals surface area (Å²) in [4.78, 5) is 23.4. The lowest BCUT2D eigenvalue weighted by molar-refractivity contribution is 0.106. The van der Waals surface area contributed by atoms with Crippen LogP contribution in [0.15, 0.2) is 41.8 Å². The van der Waals surface area contributed by atoms with Crippen molar-refractivity contribution in [3.8, 4) is 17.0 Å². The van der Waals surface area contributed by atoms with Crippen LogP contribution in [0.3, 0.4) is 0 Å². The molecule has 1 aliphatic rings. The summed E-state index contributed by atoms with van der Waals surface area (Å²) in [6.45, 7) is 6.00. The van der Waals surface area contributed by atoms with Crippen molar-refractivity contribution in [3.63, 3.8) is 0 Å². The average molecular weight is 398 g/mol. The van der Waals surface area contributed by atoms with Gasteiger partial charge < -0.3 is 4.74 Å². The topological polar surface area (TPSA) is 67.4 Å². The standard InChI is InChI=1S/C20H19FN4O2S/c1-12-10-28-18(22-12)24-19(26)25-11-20(2,3)27-16-8-7-15(23-17(16)25)13-5-4-6-14(21)9-13/h4-10H,11H2,1-3H3,(H,22,24,26). The Balaban J connectivity index is 1.71. The van der Waals surface area contributed by atoms with E-state index >= 15 is 0 Å². The molecule has 3 heterocycles. The van der Waals surface area contributed by atoms with Gasteiger partial charge in [0.15, 0.2) is 16.7 Å². The molecule has 0 aliphatic carbocycles. The fraction of sp³-hybridized carbons (Fsp3) is 0.250. The molecule has 0 radical (unpaired) electrons. The van der Waals surface area contributed by atoms with Gasteiger partial charge in [-0.3, -0.25) is 10.2 Å². The summed E-state index contributed by atoms with van der Waals surface area (Å²) in [5.41, 5.74) is 1.45. The smallest absolute Gasteiger partial charge is 0.329 e. The number of urea groups is 1. The molecule has 2 aromatic heterocycles. The van der Waals surface area contributed by atoms with Crippen molar-refractivity contribution in [2.75, 3.05) is 16.8 Å². The summed E-state index contributed by atoms with van der Waals surface area (Å²) in [5.74, 6) is 0.553. The number of aryl methyl sites for hydroxylation is 1. The largest absolute Gasteiger partial charge is 0.482 e.